The van der Waals surface area contributed by atoms with Gasteiger partial charge in [-0.1, -0.05) is 13.0 Å². The van der Waals surface area contributed by atoms with Gasteiger partial charge in [0, 0.05) is 11.6 Å². The van der Waals surface area contributed by atoms with E-state index in [1.807, 2.05) is 32.9 Å². The second-order valence-electron chi connectivity index (χ2n) is 4.80. The lowest BCUT2D eigenvalue weighted by Crippen LogP contribution is -2.30. The molecule has 1 aromatic rings. The lowest BCUT2D eigenvalue weighted by atomic mass is 9.88. The molecule has 0 aliphatic carbocycles. The molecule has 2 unspecified atom stereocenters. The lowest BCUT2D eigenvalue weighted by molar-refractivity contribution is -0.143. The van der Waals surface area contributed by atoms with Crippen LogP contribution in [0.5, 0.6) is 5.75 Å². The van der Waals surface area contributed by atoms with Crippen LogP contribution in [0.3, 0.4) is 0 Å². The molecule has 2 atom stereocenters. The van der Waals surface area contributed by atoms with E-state index in [9.17, 15) is 9.90 Å². The molecule has 4 heteroatoms. The first kappa shape index (κ1) is 15.5. The van der Waals surface area contributed by atoms with Gasteiger partial charge in [0.1, 0.15) is 5.75 Å². The Hall–Kier alpha value is -1.55. The summed E-state index contributed by atoms with van der Waals surface area (Å²) in [6.45, 7) is 5.92. The Morgan fingerprint density at radius 2 is 1.95 bits per heavy atom. The number of carbonyl (C=O) groups is 1. The predicted molar refractivity (Wildman–Crippen MR) is 75.7 cm³/mol. The molecule has 0 bridgehead atoms. The average Bonchev–Trinajstić information content (AvgIpc) is 2.38. The Morgan fingerprint density at radius 3 is 2.37 bits per heavy atom. The number of carboxylic acids is 1. The molecule has 0 aliphatic rings. The summed E-state index contributed by atoms with van der Waals surface area (Å²) in [5.74, 6) is -0.523. The molecule has 0 saturated heterocycles. The van der Waals surface area contributed by atoms with Crippen molar-refractivity contribution in [2.24, 2.45) is 5.92 Å². The summed E-state index contributed by atoms with van der Waals surface area (Å²) >= 11 is 0. The first-order chi connectivity index (χ1) is 8.96. The van der Waals surface area contributed by atoms with Gasteiger partial charge in [-0.25, -0.2) is 0 Å². The van der Waals surface area contributed by atoms with E-state index in [0.717, 1.165) is 22.4 Å². The van der Waals surface area contributed by atoms with Crippen molar-refractivity contribution < 1.29 is 14.6 Å². The number of ether oxygens (including phenoxy) is 1. The van der Waals surface area contributed by atoms with Gasteiger partial charge in [0.05, 0.1) is 13.0 Å². The van der Waals surface area contributed by atoms with Gasteiger partial charge >= 0.3 is 5.97 Å². The van der Waals surface area contributed by atoms with E-state index >= 15 is 0 Å². The third-order valence-corrected chi connectivity index (χ3v) is 3.65. The lowest BCUT2D eigenvalue weighted by Gasteiger charge is -2.25. The summed E-state index contributed by atoms with van der Waals surface area (Å²) in [6, 6.07) is 3.72. The van der Waals surface area contributed by atoms with E-state index < -0.39 is 11.9 Å². The zero-order valence-electron chi connectivity index (χ0n) is 12.3. The van der Waals surface area contributed by atoms with Crippen molar-refractivity contribution in [2.75, 3.05) is 14.2 Å². The number of benzene rings is 1. The van der Waals surface area contributed by atoms with E-state index in [1.165, 1.54) is 0 Å². The molecule has 1 rings (SSSR count). The fraction of sp³-hybridized carbons (Fsp3) is 0.533. The molecule has 0 aliphatic heterocycles. The van der Waals surface area contributed by atoms with E-state index in [4.69, 9.17) is 4.74 Å². The second kappa shape index (κ2) is 6.57. The number of aryl methyl sites for hydroxylation is 2. The number of rotatable bonds is 6. The highest BCUT2D eigenvalue weighted by atomic mass is 16.5. The van der Waals surface area contributed by atoms with Crippen LogP contribution < -0.4 is 10.1 Å². The maximum Gasteiger partial charge on any atom is 0.308 e. The molecule has 0 aromatic heterocycles. The van der Waals surface area contributed by atoms with Crippen LogP contribution in [-0.4, -0.2) is 25.2 Å². The number of hydrogen-bond acceptors (Lipinski definition) is 3. The first-order valence-corrected chi connectivity index (χ1v) is 6.51. The number of hydrogen-bond donors (Lipinski definition) is 2. The minimum Gasteiger partial charge on any atom is -0.496 e. The largest absolute Gasteiger partial charge is 0.496 e. The molecular formula is C15H23NO3. The van der Waals surface area contributed by atoms with Crippen molar-refractivity contribution in [2.45, 2.75) is 33.2 Å². The second-order valence-corrected chi connectivity index (χ2v) is 4.80. The summed E-state index contributed by atoms with van der Waals surface area (Å²) in [6.07, 6.45) is 0.566. The Labute approximate surface area is 114 Å². The van der Waals surface area contributed by atoms with Crippen LogP contribution in [0.4, 0.5) is 0 Å². The minimum atomic E-state index is -0.790. The van der Waals surface area contributed by atoms with Crippen LogP contribution in [0.2, 0.25) is 0 Å². The molecule has 0 heterocycles. The zero-order chi connectivity index (χ0) is 14.6. The molecule has 1 aromatic carbocycles. The van der Waals surface area contributed by atoms with E-state index in [2.05, 4.69) is 5.32 Å². The van der Waals surface area contributed by atoms with Gasteiger partial charge in [0.2, 0.25) is 0 Å². The highest BCUT2D eigenvalue weighted by Crippen LogP contribution is 2.33. The fourth-order valence-corrected chi connectivity index (χ4v) is 2.36. The van der Waals surface area contributed by atoms with Gasteiger partial charge in [-0.3, -0.25) is 4.79 Å². The average molecular weight is 265 g/mol. The molecule has 0 fully saturated rings. The van der Waals surface area contributed by atoms with Crippen LogP contribution in [-0.2, 0) is 4.79 Å². The monoisotopic (exact) mass is 265 g/mol. The van der Waals surface area contributed by atoms with Crippen LogP contribution in [0.25, 0.3) is 0 Å². The molecular weight excluding hydrogens is 242 g/mol. The van der Waals surface area contributed by atoms with E-state index in [0.29, 0.717) is 6.42 Å². The highest BCUT2D eigenvalue weighted by molar-refractivity contribution is 5.71. The molecule has 19 heavy (non-hydrogen) atoms. The summed E-state index contributed by atoms with van der Waals surface area (Å²) < 4.78 is 5.41. The topological polar surface area (TPSA) is 58.6 Å². The third-order valence-electron chi connectivity index (χ3n) is 3.65. The Kier molecular flexibility index (Phi) is 5.36. The SMILES string of the molecule is CCC(C(=O)O)C(NC)c1cc(C)c(C)cc1OC. The predicted octanol–water partition coefficient (Wildman–Crippen LogP) is 2.68. The van der Waals surface area contributed by atoms with Crippen molar-refractivity contribution in [3.63, 3.8) is 0 Å². The van der Waals surface area contributed by atoms with Crippen molar-refractivity contribution in [1.82, 2.24) is 5.32 Å². The summed E-state index contributed by atoms with van der Waals surface area (Å²) in [7, 11) is 3.40. The van der Waals surface area contributed by atoms with Gasteiger partial charge in [-0.05, 0) is 44.5 Å². The van der Waals surface area contributed by atoms with Gasteiger partial charge in [-0.2, -0.15) is 0 Å². The van der Waals surface area contributed by atoms with E-state index in [1.54, 1.807) is 14.2 Å². The Morgan fingerprint density at radius 1 is 1.37 bits per heavy atom. The number of methoxy groups -OCH3 is 1. The van der Waals surface area contributed by atoms with Crippen LogP contribution in [0.1, 0.15) is 36.1 Å². The summed E-state index contributed by atoms with van der Waals surface area (Å²) in [4.78, 5) is 11.4. The Bertz CT molecular complexity index is 457. The number of carboxylic acid groups (broad SMARTS) is 1. The van der Waals surface area contributed by atoms with Gasteiger partial charge in [0.25, 0.3) is 0 Å². The zero-order valence-corrected chi connectivity index (χ0v) is 12.3. The number of nitrogens with one attached hydrogen (secondary N) is 1. The van der Waals surface area contributed by atoms with Crippen LogP contribution in [0.15, 0.2) is 12.1 Å². The molecule has 4 nitrogen and oxygen atoms in total. The molecule has 0 spiro atoms. The molecule has 0 radical (unpaired) electrons. The van der Waals surface area contributed by atoms with Crippen molar-refractivity contribution in [1.29, 1.82) is 0 Å². The summed E-state index contributed by atoms with van der Waals surface area (Å²) in [5, 5.41) is 12.5. The first-order valence-electron chi connectivity index (χ1n) is 6.51. The highest BCUT2D eigenvalue weighted by Gasteiger charge is 2.29. The maximum atomic E-state index is 11.4. The molecule has 106 valence electrons. The standard InChI is InChI=1S/C15H23NO3/c1-6-11(15(17)18)14(16-4)12-7-9(2)10(3)8-13(12)19-5/h7-8,11,14,16H,6H2,1-5H3,(H,17,18). The van der Waals surface area contributed by atoms with Crippen LogP contribution in [0, 0.1) is 19.8 Å². The molecule has 0 saturated carbocycles. The maximum absolute atomic E-state index is 11.4. The molecule has 2 N–H and O–H groups in total. The summed E-state index contributed by atoms with van der Waals surface area (Å²) in [5.41, 5.74) is 3.18. The van der Waals surface area contributed by atoms with Crippen LogP contribution >= 0.6 is 0 Å². The normalized spacial score (nSPS) is 13.9. The van der Waals surface area contributed by atoms with Crippen molar-refractivity contribution in [3.05, 3.63) is 28.8 Å². The fourth-order valence-electron chi connectivity index (χ4n) is 2.36. The van der Waals surface area contributed by atoms with E-state index in [-0.39, 0.29) is 6.04 Å². The quantitative estimate of drug-likeness (QED) is 0.830. The van der Waals surface area contributed by atoms with Gasteiger partial charge in [0.15, 0.2) is 0 Å². The smallest absolute Gasteiger partial charge is 0.308 e. The molecule has 0 amide bonds. The Balaban J connectivity index is 3.31. The van der Waals surface area contributed by atoms with Crippen molar-refractivity contribution in [3.8, 4) is 5.75 Å². The number of aliphatic carboxylic acids is 1. The third kappa shape index (κ3) is 3.26. The van der Waals surface area contributed by atoms with Gasteiger partial charge in [-0.15, -0.1) is 0 Å². The van der Waals surface area contributed by atoms with Crippen molar-refractivity contribution >= 4 is 5.97 Å². The van der Waals surface area contributed by atoms with Gasteiger partial charge < -0.3 is 15.2 Å². The minimum absolute atomic E-state index is 0.253.